The van der Waals surface area contributed by atoms with Crippen molar-refractivity contribution < 1.29 is 9.13 Å². The van der Waals surface area contributed by atoms with E-state index in [9.17, 15) is 4.39 Å². The van der Waals surface area contributed by atoms with Gasteiger partial charge in [0.25, 0.3) is 0 Å². The van der Waals surface area contributed by atoms with Crippen LogP contribution in [0.25, 0.3) is 0 Å². The normalized spacial score (nSPS) is 12.2. The van der Waals surface area contributed by atoms with Gasteiger partial charge in [0.2, 0.25) is 0 Å². The van der Waals surface area contributed by atoms with Gasteiger partial charge in [-0.25, -0.2) is 4.39 Å². The van der Waals surface area contributed by atoms with Gasteiger partial charge in [-0.05, 0) is 37.2 Å². The highest BCUT2D eigenvalue weighted by atomic mass is 19.1. The number of halogens is 1. The van der Waals surface area contributed by atoms with Crippen LogP contribution in [-0.2, 0) is 0 Å². The quantitative estimate of drug-likeness (QED) is 0.893. The van der Waals surface area contributed by atoms with Crippen molar-refractivity contribution in [2.75, 3.05) is 13.7 Å². The fraction of sp³-hybridized carbons (Fsp3) is 0.294. The van der Waals surface area contributed by atoms with E-state index in [0.29, 0.717) is 5.75 Å². The first-order chi connectivity index (χ1) is 9.65. The van der Waals surface area contributed by atoms with Crippen LogP contribution in [-0.4, -0.2) is 13.7 Å². The minimum absolute atomic E-state index is 0.0782. The summed E-state index contributed by atoms with van der Waals surface area (Å²) < 4.78 is 19.0. The van der Waals surface area contributed by atoms with E-state index in [2.05, 4.69) is 24.4 Å². The summed E-state index contributed by atoms with van der Waals surface area (Å²) in [5.74, 6) is 0.440. The molecule has 0 fully saturated rings. The third-order valence-electron chi connectivity index (χ3n) is 3.29. The summed E-state index contributed by atoms with van der Waals surface area (Å²) in [5, 5.41) is 3.40. The molecule has 0 radical (unpaired) electrons. The monoisotopic (exact) mass is 273 g/mol. The van der Waals surface area contributed by atoms with Gasteiger partial charge in [0, 0.05) is 5.56 Å². The highest BCUT2D eigenvalue weighted by Crippen LogP contribution is 2.31. The largest absolute Gasteiger partial charge is 0.496 e. The molecule has 0 aliphatic rings. The van der Waals surface area contributed by atoms with Crippen molar-refractivity contribution in [1.82, 2.24) is 5.32 Å². The molecule has 0 aliphatic carbocycles. The van der Waals surface area contributed by atoms with E-state index in [1.54, 1.807) is 13.2 Å². The number of hydrogen-bond donors (Lipinski definition) is 1. The number of hydrogen-bond acceptors (Lipinski definition) is 2. The number of rotatable bonds is 5. The average Bonchev–Trinajstić information content (AvgIpc) is 2.44. The molecule has 20 heavy (non-hydrogen) atoms. The molecule has 1 atom stereocenters. The lowest BCUT2D eigenvalue weighted by molar-refractivity contribution is 0.402. The van der Waals surface area contributed by atoms with Gasteiger partial charge in [0.15, 0.2) is 0 Å². The number of ether oxygens (including phenoxy) is 1. The van der Waals surface area contributed by atoms with E-state index in [-0.39, 0.29) is 11.9 Å². The topological polar surface area (TPSA) is 21.3 Å². The summed E-state index contributed by atoms with van der Waals surface area (Å²) in [4.78, 5) is 0. The van der Waals surface area contributed by atoms with E-state index in [4.69, 9.17) is 4.74 Å². The molecule has 0 aromatic heterocycles. The standard InChI is InChI=1S/C17H20FNO/c1-4-19-17(13-7-5-6-12(2)10-13)15-11-14(18)8-9-16(15)20-3/h5-11,17,19H,4H2,1-3H3. The molecule has 0 heterocycles. The second-order valence-corrected chi connectivity index (χ2v) is 4.79. The Labute approximate surface area is 119 Å². The molecule has 2 nitrogen and oxygen atoms in total. The molecule has 1 N–H and O–H groups in total. The second kappa shape index (κ2) is 6.53. The van der Waals surface area contributed by atoms with Crippen LogP contribution in [0.15, 0.2) is 42.5 Å². The number of aryl methyl sites for hydroxylation is 1. The van der Waals surface area contributed by atoms with Crippen molar-refractivity contribution in [3.05, 3.63) is 65.0 Å². The summed E-state index contributed by atoms with van der Waals surface area (Å²) >= 11 is 0. The Morgan fingerprint density at radius 1 is 1.20 bits per heavy atom. The Morgan fingerprint density at radius 3 is 2.65 bits per heavy atom. The molecule has 2 rings (SSSR count). The van der Waals surface area contributed by atoms with Crippen molar-refractivity contribution in [1.29, 1.82) is 0 Å². The first kappa shape index (κ1) is 14.5. The number of benzene rings is 2. The van der Waals surface area contributed by atoms with Gasteiger partial charge < -0.3 is 10.1 Å². The number of methoxy groups -OCH3 is 1. The highest BCUT2D eigenvalue weighted by Gasteiger charge is 2.18. The van der Waals surface area contributed by atoms with Crippen LogP contribution in [0.4, 0.5) is 4.39 Å². The molecule has 0 spiro atoms. The van der Waals surface area contributed by atoms with E-state index in [0.717, 1.165) is 17.7 Å². The molecule has 0 aliphatic heterocycles. The molecule has 0 saturated heterocycles. The number of nitrogens with one attached hydrogen (secondary N) is 1. The zero-order chi connectivity index (χ0) is 14.5. The third-order valence-corrected chi connectivity index (χ3v) is 3.29. The molecule has 3 heteroatoms. The SMILES string of the molecule is CCNC(c1cccc(C)c1)c1cc(F)ccc1OC. The lowest BCUT2D eigenvalue weighted by Crippen LogP contribution is -2.22. The molecule has 0 saturated carbocycles. The summed E-state index contributed by atoms with van der Waals surface area (Å²) in [6, 6.07) is 12.8. The maximum absolute atomic E-state index is 13.6. The van der Waals surface area contributed by atoms with Crippen LogP contribution in [0.2, 0.25) is 0 Å². The Hall–Kier alpha value is -1.87. The van der Waals surface area contributed by atoms with Crippen molar-refractivity contribution >= 4 is 0 Å². The second-order valence-electron chi connectivity index (χ2n) is 4.79. The Kier molecular flexibility index (Phi) is 4.74. The van der Waals surface area contributed by atoms with Gasteiger partial charge in [-0.2, -0.15) is 0 Å². The van der Waals surface area contributed by atoms with Gasteiger partial charge in [-0.15, -0.1) is 0 Å². The molecule has 0 bridgehead atoms. The molecule has 1 unspecified atom stereocenters. The maximum Gasteiger partial charge on any atom is 0.124 e. The molecular formula is C17H20FNO. The molecule has 0 amide bonds. The van der Waals surface area contributed by atoms with Crippen molar-refractivity contribution in [2.45, 2.75) is 19.9 Å². The van der Waals surface area contributed by atoms with Gasteiger partial charge in [0.05, 0.1) is 13.2 Å². The van der Waals surface area contributed by atoms with Gasteiger partial charge >= 0.3 is 0 Å². The van der Waals surface area contributed by atoms with Crippen molar-refractivity contribution in [3.63, 3.8) is 0 Å². The predicted molar refractivity (Wildman–Crippen MR) is 79.7 cm³/mol. The summed E-state index contributed by atoms with van der Waals surface area (Å²) in [5.41, 5.74) is 3.11. The summed E-state index contributed by atoms with van der Waals surface area (Å²) in [6.45, 7) is 4.88. The van der Waals surface area contributed by atoms with Crippen molar-refractivity contribution in [3.8, 4) is 5.75 Å². The van der Waals surface area contributed by atoms with Crippen LogP contribution in [0.1, 0.15) is 29.7 Å². The zero-order valence-electron chi connectivity index (χ0n) is 12.1. The van der Waals surface area contributed by atoms with Crippen LogP contribution >= 0.6 is 0 Å². The van der Waals surface area contributed by atoms with E-state index in [1.165, 1.54) is 17.7 Å². The zero-order valence-corrected chi connectivity index (χ0v) is 12.1. The highest BCUT2D eigenvalue weighted by molar-refractivity contribution is 5.42. The van der Waals surface area contributed by atoms with E-state index < -0.39 is 0 Å². The van der Waals surface area contributed by atoms with Crippen molar-refractivity contribution in [2.24, 2.45) is 0 Å². The first-order valence-electron chi connectivity index (χ1n) is 6.79. The molecular weight excluding hydrogens is 253 g/mol. The van der Waals surface area contributed by atoms with Gasteiger partial charge in [-0.3, -0.25) is 0 Å². The first-order valence-corrected chi connectivity index (χ1v) is 6.79. The Balaban J connectivity index is 2.50. The van der Waals surface area contributed by atoms with Crippen LogP contribution in [0.3, 0.4) is 0 Å². The maximum atomic E-state index is 13.6. The fourth-order valence-electron chi connectivity index (χ4n) is 2.39. The third kappa shape index (κ3) is 3.17. The van der Waals surface area contributed by atoms with Crippen LogP contribution < -0.4 is 10.1 Å². The predicted octanol–water partition coefficient (Wildman–Crippen LogP) is 3.84. The van der Waals surface area contributed by atoms with E-state index in [1.807, 2.05) is 19.1 Å². The van der Waals surface area contributed by atoms with Gasteiger partial charge in [0.1, 0.15) is 11.6 Å². The van der Waals surface area contributed by atoms with Crippen LogP contribution in [0, 0.1) is 12.7 Å². The van der Waals surface area contributed by atoms with Crippen LogP contribution in [0.5, 0.6) is 5.75 Å². The van der Waals surface area contributed by atoms with E-state index >= 15 is 0 Å². The summed E-state index contributed by atoms with van der Waals surface area (Å²) in [7, 11) is 1.61. The van der Waals surface area contributed by atoms with Gasteiger partial charge in [-0.1, -0.05) is 36.8 Å². The lowest BCUT2D eigenvalue weighted by Gasteiger charge is -2.21. The molecule has 2 aromatic rings. The lowest BCUT2D eigenvalue weighted by atomic mass is 9.96. The molecule has 2 aromatic carbocycles. The molecule has 106 valence electrons. The Morgan fingerprint density at radius 2 is 2.00 bits per heavy atom. The Bertz CT molecular complexity index is 583. The smallest absolute Gasteiger partial charge is 0.124 e. The average molecular weight is 273 g/mol. The minimum atomic E-state index is -0.253. The fourth-order valence-corrected chi connectivity index (χ4v) is 2.39. The summed E-state index contributed by atoms with van der Waals surface area (Å²) in [6.07, 6.45) is 0. The minimum Gasteiger partial charge on any atom is -0.496 e.